The first kappa shape index (κ1) is 17.3. The summed E-state index contributed by atoms with van der Waals surface area (Å²) in [6.07, 6.45) is 1.62. The number of fused-ring (bicyclic) bond motifs is 1. The summed E-state index contributed by atoms with van der Waals surface area (Å²) >= 11 is 1.55. The molecule has 0 radical (unpaired) electrons. The van der Waals surface area contributed by atoms with E-state index < -0.39 is 6.61 Å². The van der Waals surface area contributed by atoms with Crippen LogP contribution >= 0.6 is 11.8 Å². The van der Waals surface area contributed by atoms with E-state index in [0.29, 0.717) is 17.3 Å². The first-order valence-electron chi connectivity index (χ1n) is 7.36. The summed E-state index contributed by atoms with van der Waals surface area (Å²) in [7, 11) is 3.13. The van der Waals surface area contributed by atoms with Crippen LogP contribution in [0.2, 0.25) is 0 Å². The van der Waals surface area contributed by atoms with Crippen molar-refractivity contribution >= 4 is 22.7 Å². The average Bonchev–Trinajstić information content (AvgIpc) is 3.01. The number of benzene rings is 1. The van der Waals surface area contributed by atoms with E-state index in [1.807, 2.05) is 12.1 Å². The number of hydrogen-bond acceptors (Lipinski definition) is 5. The van der Waals surface area contributed by atoms with Crippen LogP contribution in [0.1, 0.15) is 5.69 Å². The molecule has 0 fully saturated rings. The van der Waals surface area contributed by atoms with Crippen molar-refractivity contribution in [3.63, 3.8) is 0 Å². The van der Waals surface area contributed by atoms with E-state index in [1.165, 1.54) is 6.07 Å². The molecule has 2 heterocycles. The molecule has 25 heavy (non-hydrogen) atoms. The molecule has 0 aliphatic heterocycles. The van der Waals surface area contributed by atoms with Crippen LogP contribution in [0.4, 0.5) is 8.78 Å². The Morgan fingerprint density at radius 2 is 1.92 bits per heavy atom. The van der Waals surface area contributed by atoms with Gasteiger partial charge in [0.2, 0.25) is 0 Å². The van der Waals surface area contributed by atoms with Crippen molar-refractivity contribution in [2.75, 3.05) is 14.2 Å². The fourth-order valence-corrected chi connectivity index (χ4v) is 3.20. The minimum absolute atomic E-state index is 0.139. The summed E-state index contributed by atoms with van der Waals surface area (Å²) in [5.41, 5.74) is 1.69. The van der Waals surface area contributed by atoms with Crippen molar-refractivity contribution in [2.24, 2.45) is 0 Å². The highest BCUT2D eigenvalue weighted by atomic mass is 32.2. The Bertz CT molecular complexity index is 870. The molecular formula is C17H16F2N2O3S. The van der Waals surface area contributed by atoms with Gasteiger partial charge in [-0.15, -0.1) is 11.8 Å². The minimum Gasteiger partial charge on any atom is -0.493 e. The number of halogens is 2. The summed E-state index contributed by atoms with van der Waals surface area (Å²) in [4.78, 5) is 7.56. The minimum atomic E-state index is -2.83. The van der Waals surface area contributed by atoms with Crippen LogP contribution in [0.25, 0.3) is 10.9 Å². The van der Waals surface area contributed by atoms with Gasteiger partial charge in [0, 0.05) is 22.7 Å². The molecule has 0 amide bonds. The second-order valence-corrected chi connectivity index (χ2v) is 6.10. The summed E-state index contributed by atoms with van der Waals surface area (Å²) in [6.45, 7) is -2.83. The van der Waals surface area contributed by atoms with Crippen LogP contribution < -0.4 is 14.2 Å². The van der Waals surface area contributed by atoms with Gasteiger partial charge in [0.25, 0.3) is 0 Å². The fraction of sp³-hybridized carbons (Fsp3) is 0.235. The van der Waals surface area contributed by atoms with Crippen molar-refractivity contribution < 1.29 is 23.0 Å². The van der Waals surface area contributed by atoms with E-state index in [2.05, 4.69) is 14.7 Å². The molecule has 3 rings (SSSR count). The molecule has 0 unspecified atom stereocenters. The molecule has 8 heteroatoms. The van der Waals surface area contributed by atoms with Gasteiger partial charge in [-0.1, -0.05) is 0 Å². The van der Waals surface area contributed by atoms with Crippen LogP contribution in [0, 0.1) is 0 Å². The van der Waals surface area contributed by atoms with Crippen LogP contribution in [0.15, 0.2) is 41.6 Å². The Labute approximate surface area is 147 Å². The lowest BCUT2D eigenvalue weighted by molar-refractivity contribution is -0.0497. The third-order valence-corrected chi connectivity index (χ3v) is 4.47. The number of aromatic nitrogens is 2. The SMILES string of the molecule is COc1cnc(CSc2cc3cc(OC(F)F)ccc3[nH]2)cc1OC. The van der Waals surface area contributed by atoms with Crippen molar-refractivity contribution in [2.45, 2.75) is 17.4 Å². The zero-order valence-corrected chi connectivity index (χ0v) is 14.4. The first-order chi connectivity index (χ1) is 12.1. The van der Waals surface area contributed by atoms with Gasteiger partial charge in [0.15, 0.2) is 11.5 Å². The van der Waals surface area contributed by atoms with E-state index in [0.717, 1.165) is 21.6 Å². The van der Waals surface area contributed by atoms with Crippen LogP contribution in [-0.4, -0.2) is 30.8 Å². The molecule has 0 spiro atoms. The highest BCUT2D eigenvalue weighted by Crippen LogP contribution is 2.31. The van der Waals surface area contributed by atoms with Gasteiger partial charge in [-0.2, -0.15) is 8.78 Å². The normalized spacial score (nSPS) is 11.1. The molecule has 5 nitrogen and oxygen atoms in total. The number of nitrogens with one attached hydrogen (secondary N) is 1. The van der Waals surface area contributed by atoms with Crippen molar-refractivity contribution in [3.8, 4) is 17.2 Å². The fourth-order valence-electron chi connectivity index (χ4n) is 2.35. The van der Waals surface area contributed by atoms with Gasteiger partial charge in [-0.3, -0.25) is 4.98 Å². The number of thioether (sulfide) groups is 1. The molecular weight excluding hydrogens is 350 g/mol. The topological polar surface area (TPSA) is 56.4 Å². The number of hydrogen-bond donors (Lipinski definition) is 1. The van der Waals surface area contributed by atoms with Crippen molar-refractivity contribution in [1.29, 1.82) is 0 Å². The van der Waals surface area contributed by atoms with E-state index >= 15 is 0 Å². The van der Waals surface area contributed by atoms with Gasteiger partial charge in [-0.05, 0) is 24.3 Å². The lowest BCUT2D eigenvalue weighted by Crippen LogP contribution is -2.01. The molecule has 3 aromatic rings. The molecule has 1 aromatic carbocycles. The van der Waals surface area contributed by atoms with Crippen molar-refractivity contribution in [3.05, 3.63) is 42.2 Å². The second kappa shape index (κ2) is 7.60. The number of alkyl halides is 2. The summed E-state index contributed by atoms with van der Waals surface area (Å²) < 4.78 is 39.4. The molecule has 0 atom stereocenters. The molecule has 0 aliphatic rings. The lowest BCUT2D eigenvalue weighted by Gasteiger charge is -2.08. The third kappa shape index (κ3) is 4.14. The van der Waals surface area contributed by atoms with E-state index in [1.54, 1.807) is 44.3 Å². The first-order valence-corrected chi connectivity index (χ1v) is 8.35. The van der Waals surface area contributed by atoms with E-state index in [-0.39, 0.29) is 5.75 Å². The summed E-state index contributed by atoms with van der Waals surface area (Å²) in [5, 5.41) is 1.71. The highest BCUT2D eigenvalue weighted by molar-refractivity contribution is 7.98. The molecule has 0 saturated carbocycles. The Morgan fingerprint density at radius 3 is 2.64 bits per heavy atom. The average molecular weight is 366 g/mol. The Kier molecular flexibility index (Phi) is 5.28. The maximum absolute atomic E-state index is 12.3. The largest absolute Gasteiger partial charge is 0.493 e. The maximum Gasteiger partial charge on any atom is 0.387 e. The zero-order chi connectivity index (χ0) is 17.8. The number of nitrogens with zero attached hydrogens (tertiary/aromatic N) is 1. The standard InChI is InChI=1S/C17H16F2N2O3S/c1-22-14-7-11(20-8-15(14)23-2)9-25-16-6-10-5-12(24-17(18)19)3-4-13(10)21-16/h3-8,17,21H,9H2,1-2H3. The number of H-pyrrole nitrogens is 1. The maximum atomic E-state index is 12.3. The van der Waals surface area contributed by atoms with Gasteiger partial charge >= 0.3 is 6.61 Å². The highest BCUT2D eigenvalue weighted by Gasteiger charge is 2.09. The van der Waals surface area contributed by atoms with E-state index in [4.69, 9.17) is 9.47 Å². The summed E-state index contributed by atoms with van der Waals surface area (Å²) in [5.74, 6) is 1.96. The van der Waals surface area contributed by atoms with Gasteiger partial charge in [0.1, 0.15) is 5.75 Å². The number of ether oxygens (including phenoxy) is 3. The molecule has 132 valence electrons. The lowest BCUT2D eigenvalue weighted by atomic mass is 10.2. The molecule has 0 bridgehead atoms. The number of rotatable bonds is 7. The van der Waals surface area contributed by atoms with Gasteiger partial charge < -0.3 is 19.2 Å². The van der Waals surface area contributed by atoms with Crippen LogP contribution in [0.5, 0.6) is 17.2 Å². The van der Waals surface area contributed by atoms with Gasteiger partial charge in [-0.25, -0.2) is 0 Å². The second-order valence-electron chi connectivity index (χ2n) is 5.08. The number of aromatic amines is 1. The predicted molar refractivity (Wildman–Crippen MR) is 91.8 cm³/mol. The molecule has 0 saturated heterocycles. The third-order valence-electron chi connectivity index (χ3n) is 3.50. The van der Waals surface area contributed by atoms with E-state index in [9.17, 15) is 8.78 Å². The van der Waals surface area contributed by atoms with Crippen LogP contribution in [0.3, 0.4) is 0 Å². The number of methoxy groups -OCH3 is 2. The molecule has 2 aromatic heterocycles. The Balaban J connectivity index is 1.72. The predicted octanol–water partition coefficient (Wildman–Crippen LogP) is 4.47. The Hall–Kier alpha value is -2.48. The summed E-state index contributed by atoms with van der Waals surface area (Å²) in [6, 6.07) is 8.51. The molecule has 1 N–H and O–H groups in total. The zero-order valence-electron chi connectivity index (χ0n) is 13.6. The molecule has 0 aliphatic carbocycles. The van der Waals surface area contributed by atoms with Crippen molar-refractivity contribution in [1.82, 2.24) is 9.97 Å². The quantitative estimate of drug-likeness (QED) is 0.625. The Morgan fingerprint density at radius 1 is 1.12 bits per heavy atom. The van der Waals surface area contributed by atoms with Gasteiger partial charge in [0.05, 0.1) is 31.1 Å². The van der Waals surface area contributed by atoms with Crippen LogP contribution in [-0.2, 0) is 5.75 Å². The smallest absolute Gasteiger partial charge is 0.387 e. The number of pyridine rings is 1. The monoisotopic (exact) mass is 366 g/mol.